The number of para-hydroxylation sites is 1. The lowest BCUT2D eigenvalue weighted by Gasteiger charge is -2.23. The van der Waals surface area contributed by atoms with E-state index >= 15 is 0 Å². The molecule has 0 aliphatic heterocycles. The second kappa shape index (κ2) is 6.78. The van der Waals surface area contributed by atoms with Crippen LogP contribution in [0.25, 0.3) is 0 Å². The molecule has 1 aromatic carbocycles. The maximum atomic E-state index is 12.1. The molecule has 110 valence electrons. The highest BCUT2D eigenvalue weighted by molar-refractivity contribution is 5.92. The van der Waals surface area contributed by atoms with Crippen LogP contribution < -0.4 is 10.2 Å². The number of nitrogens with zero attached hydrogens (tertiary/aromatic N) is 1. The number of nitrogens with one attached hydrogen (secondary N) is 1. The van der Waals surface area contributed by atoms with Gasteiger partial charge in [-0.05, 0) is 12.1 Å². The Kier molecular flexibility index (Phi) is 5.36. The van der Waals surface area contributed by atoms with Gasteiger partial charge in [-0.25, -0.2) is 4.79 Å². The first-order valence-electron chi connectivity index (χ1n) is 5.68. The Labute approximate surface area is 113 Å². The van der Waals surface area contributed by atoms with E-state index in [0.717, 1.165) is 4.90 Å². The van der Waals surface area contributed by atoms with Crippen molar-refractivity contribution in [2.45, 2.75) is 12.6 Å². The topological polar surface area (TPSA) is 69.6 Å². The third kappa shape index (κ3) is 5.59. The smallest absolute Gasteiger partial charge is 0.405 e. The number of carboxylic acid groups (broad SMARTS) is 1. The van der Waals surface area contributed by atoms with Crippen LogP contribution >= 0.6 is 0 Å². The zero-order valence-electron chi connectivity index (χ0n) is 10.4. The molecule has 0 bridgehead atoms. The minimum Gasteiger partial charge on any atom is -0.481 e. The molecule has 0 unspecified atom stereocenters. The Bertz CT molecular complexity index is 463. The molecule has 0 radical (unpaired) electrons. The lowest BCUT2D eigenvalue weighted by Crippen LogP contribution is -2.44. The standard InChI is InChI=1S/C12H13F3N2O3/c13-12(14,15)8-16-11(20)17(7-6-10(18)19)9-4-2-1-3-5-9/h1-5H,6-8H2,(H,16,20)(H,18,19). The normalized spacial score (nSPS) is 10.9. The molecule has 0 aliphatic rings. The van der Waals surface area contributed by atoms with Crippen LogP contribution in [0, 0.1) is 0 Å². The summed E-state index contributed by atoms with van der Waals surface area (Å²) in [6.07, 6.45) is -4.89. The van der Waals surface area contributed by atoms with Gasteiger partial charge in [0, 0.05) is 12.2 Å². The zero-order valence-corrected chi connectivity index (χ0v) is 10.4. The predicted molar refractivity (Wildman–Crippen MR) is 65.5 cm³/mol. The van der Waals surface area contributed by atoms with Gasteiger partial charge in [0.2, 0.25) is 0 Å². The van der Waals surface area contributed by atoms with Gasteiger partial charge in [-0.15, -0.1) is 0 Å². The first-order valence-corrected chi connectivity index (χ1v) is 5.68. The van der Waals surface area contributed by atoms with Crippen LogP contribution in [0.3, 0.4) is 0 Å². The number of urea groups is 1. The quantitative estimate of drug-likeness (QED) is 0.873. The lowest BCUT2D eigenvalue weighted by molar-refractivity contribution is -0.136. The van der Waals surface area contributed by atoms with E-state index in [0.29, 0.717) is 5.69 Å². The second-order valence-corrected chi connectivity index (χ2v) is 3.90. The number of rotatable bonds is 5. The number of benzene rings is 1. The van der Waals surface area contributed by atoms with Gasteiger partial charge >= 0.3 is 18.2 Å². The van der Waals surface area contributed by atoms with Gasteiger partial charge in [0.15, 0.2) is 0 Å². The Morgan fingerprint density at radius 3 is 2.30 bits per heavy atom. The molecule has 0 atom stereocenters. The van der Waals surface area contributed by atoms with E-state index in [9.17, 15) is 22.8 Å². The third-order valence-corrected chi connectivity index (χ3v) is 2.30. The number of hydrogen-bond donors (Lipinski definition) is 2. The lowest BCUT2D eigenvalue weighted by atomic mass is 10.3. The Morgan fingerprint density at radius 2 is 1.80 bits per heavy atom. The van der Waals surface area contributed by atoms with Crippen LogP contribution in [0.2, 0.25) is 0 Å². The van der Waals surface area contributed by atoms with Crippen molar-refractivity contribution in [3.63, 3.8) is 0 Å². The molecule has 0 saturated carbocycles. The van der Waals surface area contributed by atoms with Crippen molar-refractivity contribution >= 4 is 17.7 Å². The van der Waals surface area contributed by atoms with Crippen LogP contribution in [-0.4, -0.2) is 36.4 Å². The number of amides is 2. The molecule has 2 N–H and O–H groups in total. The summed E-state index contributed by atoms with van der Waals surface area (Å²) in [5, 5.41) is 10.3. The van der Waals surface area contributed by atoms with Crippen molar-refractivity contribution in [2.24, 2.45) is 0 Å². The molecule has 0 fully saturated rings. The summed E-state index contributed by atoms with van der Waals surface area (Å²) in [6.45, 7) is -1.69. The summed E-state index contributed by atoms with van der Waals surface area (Å²) in [5.41, 5.74) is 0.327. The summed E-state index contributed by atoms with van der Waals surface area (Å²) < 4.78 is 36.2. The summed E-state index contributed by atoms with van der Waals surface area (Å²) in [5.74, 6) is -1.14. The van der Waals surface area contributed by atoms with E-state index in [2.05, 4.69) is 0 Å². The minimum absolute atomic E-state index is 0.219. The molecule has 0 aromatic heterocycles. The molecule has 5 nitrogen and oxygen atoms in total. The Morgan fingerprint density at radius 1 is 1.20 bits per heavy atom. The van der Waals surface area contributed by atoms with Crippen molar-refractivity contribution in [3.8, 4) is 0 Å². The molecule has 1 rings (SSSR count). The molecule has 1 aromatic rings. The number of carboxylic acids is 1. The third-order valence-electron chi connectivity index (χ3n) is 2.30. The summed E-state index contributed by atoms with van der Waals surface area (Å²) >= 11 is 0. The first-order chi connectivity index (χ1) is 9.29. The van der Waals surface area contributed by atoms with Gasteiger partial charge in [-0.1, -0.05) is 18.2 Å². The Hall–Kier alpha value is -2.25. The van der Waals surface area contributed by atoms with Crippen molar-refractivity contribution in [1.29, 1.82) is 0 Å². The number of alkyl halides is 3. The van der Waals surface area contributed by atoms with Crippen molar-refractivity contribution < 1.29 is 27.9 Å². The molecule has 8 heteroatoms. The number of halogens is 3. The molecule has 20 heavy (non-hydrogen) atoms. The van der Waals surface area contributed by atoms with Gasteiger partial charge in [0.05, 0.1) is 6.42 Å². The van der Waals surface area contributed by atoms with Crippen LogP contribution in [0.5, 0.6) is 0 Å². The van der Waals surface area contributed by atoms with Crippen molar-refractivity contribution in [3.05, 3.63) is 30.3 Å². The van der Waals surface area contributed by atoms with E-state index < -0.39 is 24.7 Å². The predicted octanol–water partition coefficient (Wildman–Crippen LogP) is 2.24. The molecule has 0 aliphatic carbocycles. The molecule has 0 saturated heterocycles. The largest absolute Gasteiger partial charge is 0.481 e. The molecule has 0 spiro atoms. The molecular weight excluding hydrogens is 277 g/mol. The highest BCUT2D eigenvalue weighted by atomic mass is 19.4. The fourth-order valence-electron chi connectivity index (χ4n) is 1.43. The van der Waals surface area contributed by atoms with Gasteiger partial charge in [0.25, 0.3) is 0 Å². The number of carbonyl (C=O) groups is 2. The summed E-state index contributed by atoms with van der Waals surface area (Å²) in [4.78, 5) is 23.2. The van der Waals surface area contributed by atoms with Crippen LogP contribution in [-0.2, 0) is 4.79 Å². The fraction of sp³-hybridized carbons (Fsp3) is 0.333. The van der Waals surface area contributed by atoms with E-state index in [-0.39, 0.29) is 13.0 Å². The van der Waals surface area contributed by atoms with E-state index in [1.165, 1.54) is 12.1 Å². The summed E-state index contributed by atoms with van der Waals surface area (Å²) in [6, 6.07) is 6.89. The van der Waals surface area contributed by atoms with Gasteiger partial charge in [-0.3, -0.25) is 9.69 Å². The van der Waals surface area contributed by atoms with E-state index in [1.54, 1.807) is 23.5 Å². The maximum Gasteiger partial charge on any atom is 0.405 e. The van der Waals surface area contributed by atoms with Crippen LogP contribution in [0.4, 0.5) is 23.7 Å². The van der Waals surface area contributed by atoms with Crippen LogP contribution in [0.1, 0.15) is 6.42 Å². The average Bonchev–Trinajstić information content (AvgIpc) is 2.36. The van der Waals surface area contributed by atoms with Crippen molar-refractivity contribution in [1.82, 2.24) is 5.32 Å². The molecule has 0 heterocycles. The number of aliphatic carboxylic acids is 1. The fourth-order valence-corrected chi connectivity index (χ4v) is 1.43. The minimum atomic E-state index is -4.52. The van der Waals surface area contributed by atoms with E-state index in [4.69, 9.17) is 5.11 Å². The number of carbonyl (C=O) groups excluding carboxylic acids is 1. The van der Waals surface area contributed by atoms with Gasteiger partial charge in [-0.2, -0.15) is 13.2 Å². The van der Waals surface area contributed by atoms with E-state index in [1.807, 2.05) is 0 Å². The van der Waals surface area contributed by atoms with Gasteiger partial charge in [0.1, 0.15) is 6.54 Å². The first kappa shape index (κ1) is 15.8. The maximum absolute atomic E-state index is 12.1. The SMILES string of the molecule is O=C(O)CCN(C(=O)NCC(F)(F)F)c1ccccc1. The van der Waals surface area contributed by atoms with Crippen molar-refractivity contribution in [2.75, 3.05) is 18.0 Å². The molecule has 2 amide bonds. The average molecular weight is 290 g/mol. The van der Waals surface area contributed by atoms with Gasteiger partial charge < -0.3 is 10.4 Å². The monoisotopic (exact) mass is 290 g/mol. The highest BCUT2D eigenvalue weighted by Crippen LogP contribution is 2.16. The van der Waals surface area contributed by atoms with Crippen LogP contribution in [0.15, 0.2) is 30.3 Å². The number of anilines is 1. The number of hydrogen-bond acceptors (Lipinski definition) is 2. The molecular formula is C12H13F3N2O3. The highest BCUT2D eigenvalue weighted by Gasteiger charge is 2.29. The zero-order chi connectivity index (χ0) is 15.2. The second-order valence-electron chi connectivity index (χ2n) is 3.90. The summed E-state index contributed by atoms with van der Waals surface area (Å²) in [7, 11) is 0. The Balaban J connectivity index is 2.77.